The molecule has 3 atom stereocenters. The first kappa shape index (κ1) is 20.2. The van der Waals surface area contributed by atoms with E-state index in [9.17, 15) is 19.5 Å². The second kappa shape index (κ2) is 7.66. The molecular formula is C20H29N2O4+. The number of nitrogens with zero attached hydrogens (tertiary/aromatic N) is 2. The minimum atomic E-state index is -1.04. The average molecular weight is 361 g/mol. The van der Waals surface area contributed by atoms with E-state index in [2.05, 4.69) is 4.98 Å². The number of carbonyl (C=O) groups is 3. The molecule has 0 aromatic carbocycles. The van der Waals surface area contributed by atoms with Crippen LogP contribution in [0.15, 0.2) is 24.4 Å². The lowest BCUT2D eigenvalue weighted by Gasteiger charge is -2.37. The fourth-order valence-electron chi connectivity index (χ4n) is 3.93. The minimum absolute atomic E-state index is 0.296. The van der Waals surface area contributed by atoms with Crippen molar-refractivity contribution in [3.63, 3.8) is 0 Å². The number of carboxylic acid groups (broad SMARTS) is 1. The van der Waals surface area contributed by atoms with Crippen molar-refractivity contribution in [2.24, 2.45) is 5.41 Å². The Bertz CT molecular complexity index is 686. The van der Waals surface area contributed by atoms with Crippen LogP contribution < -0.4 is 0 Å². The Morgan fingerprint density at radius 1 is 1.27 bits per heavy atom. The van der Waals surface area contributed by atoms with Gasteiger partial charge in [0.25, 0.3) is 5.78 Å². The van der Waals surface area contributed by atoms with E-state index < -0.39 is 29.1 Å². The Hall–Kier alpha value is -2.08. The van der Waals surface area contributed by atoms with Gasteiger partial charge in [-0.2, -0.15) is 0 Å². The minimum Gasteiger partial charge on any atom is -0.477 e. The van der Waals surface area contributed by atoms with Crippen molar-refractivity contribution in [2.75, 3.05) is 13.1 Å². The number of hydrogen-bond donors (Lipinski definition) is 1. The highest BCUT2D eigenvalue weighted by Crippen LogP contribution is 2.40. The molecule has 1 N–H and O–H groups in total. The van der Waals surface area contributed by atoms with Crippen LogP contribution >= 0.6 is 0 Å². The molecule has 26 heavy (non-hydrogen) atoms. The number of aliphatic carboxylic acids is 1. The van der Waals surface area contributed by atoms with Crippen LogP contribution in [0, 0.1) is 5.41 Å². The van der Waals surface area contributed by atoms with E-state index in [1.807, 2.05) is 19.9 Å². The van der Waals surface area contributed by atoms with E-state index in [-0.39, 0.29) is 10.4 Å². The van der Waals surface area contributed by atoms with Crippen LogP contribution in [-0.2, 0) is 14.4 Å². The SMILES string of the molecule is CCC[N+]1(C(=O)C(=O)C(C)(C)CC)CCC(c2ccccn2)C1C(=O)O. The average Bonchev–Trinajstić information content (AvgIpc) is 3.02. The number of amides is 1. The number of aromatic nitrogens is 1. The molecule has 6 nitrogen and oxygen atoms in total. The Balaban J connectivity index is 2.50. The zero-order valence-corrected chi connectivity index (χ0v) is 16.1. The first-order valence-corrected chi connectivity index (χ1v) is 9.31. The van der Waals surface area contributed by atoms with Crippen LogP contribution in [0.1, 0.15) is 58.6 Å². The molecule has 1 fully saturated rings. The van der Waals surface area contributed by atoms with E-state index in [0.29, 0.717) is 38.0 Å². The molecule has 1 aromatic heterocycles. The Morgan fingerprint density at radius 3 is 2.46 bits per heavy atom. The van der Waals surface area contributed by atoms with Crippen LogP contribution in [0.25, 0.3) is 0 Å². The molecule has 142 valence electrons. The van der Waals surface area contributed by atoms with E-state index >= 15 is 0 Å². The molecule has 3 unspecified atom stereocenters. The molecule has 0 bridgehead atoms. The summed E-state index contributed by atoms with van der Waals surface area (Å²) in [5, 5.41) is 9.99. The molecule has 2 rings (SSSR count). The van der Waals surface area contributed by atoms with Crippen LogP contribution in [-0.4, -0.2) is 51.4 Å². The molecule has 1 amide bonds. The van der Waals surface area contributed by atoms with Crippen molar-refractivity contribution in [2.45, 2.75) is 58.9 Å². The highest BCUT2D eigenvalue weighted by molar-refractivity contribution is 6.35. The number of carboxylic acids is 1. The maximum absolute atomic E-state index is 13.3. The van der Waals surface area contributed by atoms with Gasteiger partial charge in [0.1, 0.15) is 0 Å². The van der Waals surface area contributed by atoms with Gasteiger partial charge in [0, 0.05) is 18.0 Å². The molecule has 1 aromatic rings. The number of quaternary nitrogens is 1. The number of likely N-dealkylation sites (tertiary alicyclic amines) is 1. The van der Waals surface area contributed by atoms with Crippen LogP contribution in [0.5, 0.6) is 0 Å². The number of hydrogen-bond acceptors (Lipinski definition) is 4. The predicted octanol–water partition coefficient (Wildman–Crippen LogP) is 2.78. The fraction of sp³-hybridized carbons (Fsp3) is 0.600. The molecule has 6 heteroatoms. The summed E-state index contributed by atoms with van der Waals surface area (Å²) < 4.78 is -0.296. The smallest absolute Gasteiger partial charge is 0.383 e. The third kappa shape index (κ3) is 3.43. The van der Waals surface area contributed by atoms with Gasteiger partial charge >= 0.3 is 11.9 Å². The molecule has 2 heterocycles. The lowest BCUT2D eigenvalue weighted by Crippen LogP contribution is -2.63. The van der Waals surface area contributed by atoms with Crippen LogP contribution in [0.2, 0.25) is 0 Å². The van der Waals surface area contributed by atoms with E-state index in [0.717, 1.165) is 0 Å². The lowest BCUT2D eigenvalue weighted by molar-refractivity contribution is -0.855. The number of carbonyl (C=O) groups excluding carboxylic acids is 2. The first-order valence-electron chi connectivity index (χ1n) is 9.31. The normalized spacial score (nSPS) is 25.8. The van der Waals surface area contributed by atoms with Gasteiger partial charge in [-0.1, -0.05) is 33.8 Å². The molecule has 0 spiro atoms. The number of Topliss-reactive ketones (excluding diaryl/α,β-unsaturated/α-hetero) is 1. The number of rotatable bonds is 7. The van der Waals surface area contributed by atoms with Gasteiger partial charge in [0.2, 0.25) is 6.04 Å². The highest BCUT2D eigenvalue weighted by Gasteiger charge is 2.60. The van der Waals surface area contributed by atoms with E-state index in [1.54, 1.807) is 32.2 Å². The van der Waals surface area contributed by atoms with Crippen molar-refractivity contribution in [1.82, 2.24) is 4.98 Å². The topological polar surface area (TPSA) is 84.3 Å². The zero-order valence-electron chi connectivity index (χ0n) is 16.1. The van der Waals surface area contributed by atoms with Crippen molar-refractivity contribution < 1.29 is 24.0 Å². The second-order valence-corrected chi connectivity index (χ2v) is 7.79. The zero-order chi connectivity index (χ0) is 19.5. The summed E-state index contributed by atoms with van der Waals surface area (Å²) in [5.74, 6) is -2.45. The third-order valence-electron chi connectivity index (χ3n) is 5.79. The second-order valence-electron chi connectivity index (χ2n) is 7.79. The summed E-state index contributed by atoms with van der Waals surface area (Å²) in [7, 11) is 0. The Morgan fingerprint density at radius 2 is 1.96 bits per heavy atom. The summed E-state index contributed by atoms with van der Waals surface area (Å²) in [6.07, 6.45) is 3.32. The third-order valence-corrected chi connectivity index (χ3v) is 5.79. The van der Waals surface area contributed by atoms with Crippen molar-refractivity contribution in [3.05, 3.63) is 30.1 Å². The van der Waals surface area contributed by atoms with Gasteiger partial charge in [0.15, 0.2) is 0 Å². The van der Waals surface area contributed by atoms with Gasteiger partial charge in [-0.15, -0.1) is 0 Å². The van der Waals surface area contributed by atoms with E-state index in [4.69, 9.17) is 0 Å². The summed E-state index contributed by atoms with van der Waals surface area (Å²) in [6.45, 7) is 7.98. The summed E-state index contributed by atoms with van der Waals surface area (Å²) >= 11 is 0. The van der Waals surface area contributed by atoms with Gasteiger partial charge in [-0.25, -0.2) is 14.1 Å². The molecule has 0 aliphatic carbocycles. The molecule has 1 saturated heterocycles. The van der Waals surface area contributed by atoms with Gasteiger partial charge in [-0.3, -0.25) is 9.78 Å². The van der Waals surface area contributed by atoms with Gasteiger partial charge in [-0.05, 0) is 25.0 Å². The molecular weight excluding hydrogens is 332 g/mol. The molecule has 0 saturated carbocycles. The van der Waals surface area contributed by atoms with Gasteiger partial charge < -0.3 is 5.11 Å². The number of ketones is 1. The van der Waals surface area contributed by atoms with Crippen molar-refractivity contribution in [3.8, 4) is 0 Å². The molecule has 1 aliphatic rings. The fourth-order valence-corrected chi connectivity index (χ4v) is 3.93. The predicted molar refractivity (Wildman–Crippen MR) is 97.4 cm³/mol. The standard InChI is InChI=1S/C20H28N2O4/c1-5-12-22(18(24)17(23)20(3,4)6-2)13-10-14(16(22)19(25)26)15-9-7-8-11-21-15/h7-9,11,14,16H,5-6,10,12-13H2,1-4H3/p+1. The van der Waals surface area contributed by atoms with Gasteiger partial charge in [0.05, 0.1) is 24.7 Å². The summed E-state index contributed by atoms with van der Waals surface area (Å²) in [4.78, 5) is 42.7. The van der Waals surface area contributed by atoms with Crippen LogP contribution in [0.3, 0.4) is 0 Å². The highest BCUT2D eigenvalue weighted by atomic mass is 16.4. The first-order chi connectivity index (χ1) is 12.2. The quantitative estimate of drug-likeness (QED) is 0.596. The maximum Gasteiger partial charge on any atom is 0.383 e. The van der Waals surface area contributed by atoms with E-state index in [1.165, 1.54) is 0 Å². The Kier molecular flexibility index (Phi) is 5.96. The Labute approximate surface area is 154 Å². The monoisotopic (exact) mass is 361 g/mol. The largest absolute Gasteiger partial charge is 0.477 e. The lowest BCUT2D eigenvalue weighted by atomic mass is 9.83. The summed E-state index contributed by atoms with van der Waals surface area (Å²) in [6, 6.07) is 4.42. The molecule has 0 radical (unpaired) electrons. The maximum atomic E-state index is 13.3. The number of pyridine rings is 1. The van der Waals surface area contributed by atoms with Crippen molar-refractivity contribution >= 4 is 17.7 Å². The molecule has 1 aliphatic heterocycles. The van der Waals surface area contributed by atoms with Crippen LogP contribution in [0.4, 0.5) is 0 Å². The summed E-state index contributed by atoms with van der Waals surface area (Å²) in [5.41, 5.74) is -0.117. The van der Waals surface area contributed by atoms with Crippen molar-refractivity contribution in [1.29, 1.82) is 0 Å².